The zero-order valence-corrected chi connectivity index (χ0v) is 17.2. The monoisotopic (exact) mass is 385 g/mol. The van der Waals surface area contributed by atoms with E-state index in [1.165, 1.54) is 0 Å². The summed E-state index contributed by atoms with van der Waals surface area (Å²) in [6, 6.07) is 6.76. The van der Waals surface area contributed by atoms with Crippen molar-refractivity contribution in [3.05, 3.63) is 29.8 Å². The number of nitrogens with zero attached hydrogens (tertiary/aromatic N) is 1. The summed E-state index contributed by atoms with van der Waals surface area (Å²) in [6.45, 7) is 10.2. The van der Waals surface area contributed by atoms with E-state index in [9.17, 15) is 13.2 Å². The number of hydrogen-bond acceptors (Lipinski definition) is 6. The summed E-state index contributed by atoms with van der Waals surface area (Å²) in [6.07, 6.45) is 2.00. The molecule has 1 aromatic carbocycles. The molecule has 2 rings (SSSR count). The van der Waals surface area contributed by atoms with Gasteiger partial charge in [-0.15, -0.1) is 0 Å². The highest BCUT2D eigenvalue weighted by Crippen LogP contribution is 2.19. The van der Waals surface area contributed by atoms with Crippen molar-refractivity contribution in [3.8, 4) is 0 Å². The normalized spacial score (nSPS) is 16.5. The molecule has 26 heavy (non-hydrogen) atoms. The van der Waals surface area contributed by atoms with Crippen molar-refractivity contribution < 1.29 is 22.1 Å². The van der Waals surface area contributed by atoms with Crippen LogP contribution in [0, 0.1) is 12.8 Å². The van der Waals surface area contributed by atoms with Gasteiger partial charge in [0.2, 0.25) is 0 Å². The van der Waals surface area contributed by atoms with Crippen LogP contribution in [-0.2, 0) is 23.8 Å². The molecule has 6 nitrogen and oxygen atoms in total. The lowest BCUT2D eigenvalue weighted by atomic mass is 9.98. The minimum absolute atomic E-state index is 0.242. The van der Waals surface area contributed by atoms with Gasteiger partial charge < -0.3 is 9.64 Å². The third-order valence-corrected chi connectivity index (χ3v) is 5.30. The van der Waals surface area contributed by atoms with Crippen LogP contribution in [0.4, 0.5) is 0 Å². The summed E-state index contributed by atoms with van der Waals surface area (Å²) in [5, 5.41) is 0. The van der Waals surface area contributed by atoms with Gasteiger partial charge in [0, 0.05) is 0 Å². The molecule has 1 heterocycles. The molecular formula is C19H31NO5S. The maximum absolute atomic E-state index is 12.0. The smallest absolute Gasteiger partial charge is 0.296 e. The van der Waals surface area contributed by atoms with Crippen LogP contribution in [0.2, 0.25) is 0 Å². The zero-order chi connectivity index (χ0) is 19.8. The molecule has 0 saturated carbocycles. The molecule has 0 atom stereocenters. The van der Waals surface area contributed by atoms with E-state index in [-0.39, 0.29) is 10.5 Å². The lowest BCUT2D eigenvalue weighted by Gasteiger charge is -2.28. The second-order valence-corrected chi connectivity index (χ2v) is 9.24. The van der Waals surface area contributed by atoms with E-state index >= 15 is 0 Å². The van der Waals surface area contributed by atoms with Gasteiger partial charge in [-0.25, -0.2) is 0 Å². The summed E-state index contributed by atoms with van der Waals surface area (Å²) >= 11 is 0. The molecule has 1 fully saturated rings. The van der Waals surface area contributed by atoms with E-state index in [1.54, 1.807) is 24.3 Å². The second kappa shape index (κ2) is 10.0. The van der Waals surface area contributed by atoms with Crippen molar-refractivity contribution in [2.75, 3.05) is 26.7 Å². The Bertz CT molecular complexity index is 642. The number of rotatable bonds is 5. The van der Waals surface area contributed by atoms with Crippen molar-refractivity contribution in [2.45, 2.75) is 51.0 Å². The number of aryl methyl sites for hydroxylation is 1. The van der Waals surface area contributed by atoms with Crippen LogP contribution in [0.15, 0.2) is 29.2 Å². The third-order valence-electron chi connectivity index (χ3n) is 4.01. The standard InChI is InChI=1S/C14H21NO3S.C5H10O2/c1-12-3-5-14(6-4-12)19(16,17)18-11-13-7-9-15(2)10-8-13;1-5(2,3)7-4-6/h3-6,13H,7-11H2,1-2H3;4H,1-3H3. The van der Waals surface area contributed by atoms with Crippen LogP contribution in [0.5, 0.6) is 0 Å². The van der Waals surface area contributed by atoms with Crippen LogP contribution in [0.1, 0.15) is 39.2 Å². The fourth-order valence-corrected chi connectivity index (χ4v) is 3.31. The van der Waals surface area contributed by atoms with Crippen molar-refractivity contribution >= 4 is 16.6 Å². The number of piperidine rings is 1. The first-order valence-electron chi connectivity index (χ1n) is 8.79. The van der Waals surface area contributed by atoms with E-state index in [0.29, 0.717) is 19.0 Å². The topological polar surface area (TPSA) is 72.9 Å². The molecular weight excluding hydrogens is 354 g/mol. The van der Waals surface area contributed by atoms with Gasteiger partial charge in [0.15, 0.2) is 0 Å². The molecule has 0 spiro atoms. The molecule has 0 radical (unpaired) electrons. The fraction of sp³-hybridized carbons (Fsp3) is 0.632. The van der Waals surface area contributed by atoms with Crippen LogP contribution in [0.3, 0.4) is 0 Å². The van der Waals surface area contributed by atoms with E-state index in [4.69, 9.17) is 4.18 Å². The van der Waals surface area contributed by atoms with Crippen molar-refractivity contribution in [1.82, 2.24) is 4.90 Å². The fourth-order valence-electron chi connectivity index (χ4n) is 2.33. The second-order valence-electron chi connectivity index (χ2n) is 7.62. The van der Waals surface area contributed by atoms with Gasteiger partial charge in [-0.3, -0.25) is 8.98 Å². The molecule has 0 N–H and O–H groups in total. The Kier molecular flexibility index (Phi) is 8.73. The Morgan fingerprint density at radius 2 is 1.69 bits per heavy atom. The van der Waals surface area contributed by atoms with Gasteiger partial charge in [0.1, 0.15) is 5.60 Å². The van der Waals surface area contributed by atoms with E-state index in [2.05, 4.69) is 16.7 Å². The Hall–Kier alpha value is -1.44. The molecule has 1 aliphatic heterocycles. The highest BCUT2D eigenvalue weighted by molar-refractivity contribution is 7.86. The van der Waals surface area contributed by atoms with Crippen LogP contribution < -0.4 is 0 Å². The molecule has 0 aliphatic carbocycles. The van der Waals surface area contributed by atoms with Gasteiger partial charge in [-0.2, -0.15) is 8.42 Å². The number of benzene rings is 1. The summed E-state index contributed by atoms with van der Waals surface area (Å²) in [7, 11) is -1.52. The maximum Gasteiger partial charge on any atom is 0.296 e. The lowest BCUT2D eigenvalue weighted by molar-refractivity contribution is -0.138. The summed E-state index contributed by atoms with van der Waals surface area (Å²) in [4.78, 5) is 12.1. The minimum Gasteiger partial charge on any atom is -0.462 e. The van der Waals surface area contributed by atoms with Gasteiger partial charge in [-0.05, 0) is 78.7 Å². The first-order chi connectivity index (χ1) is 12.0. The highest BCUT2D eigenvalue weighted by atomic mass is 32.2. The van der Waals surface area contributed by atoms with E-state index in [1.807, 2.05) is 27.7 Å². The number of carbonyl (C=O) groups is 1. The van der Waals surface area contributed by atoms with Crippen LogP contribution in [0.25, 0.3) is 0 Å². The minimum atomic E-state index is -3.60. The molecule has 1 aliphatic rings. The van der Waals surface area contributed by atoms with E-state index in [0.717, 1.165) is 31.5 Å². The molecule has 0 aromatic heterocycles. The molecule has 1 saturated heterocycles. The third kappa shape index (κ3) is 8.78. The average Bonchev–Trinajstić information content (AvgIpc) is 2.54. The van der Waals surface area contributed by atoms with Crippen molar-refractivity contribution in [2.24, 2.45) is 5.92 Å². The molecule has 0 unspecified atom stereocenters. The van der Waals surface area contributed by atoms with Gasteiger partial charge >= 0.3 is 0 Å². The number of hydrogen-bond donors (Lipinski definition) is 0. The Labute approximate surface area is 157 Å². The van der Waals surface area contributed by atoms with Crippen molar-refractivity contribution in [3.63, 3.8) is 0 Å². The Morgan fingerprint density at radius 1 is 1.15 bits per heavy atom. The predicted molar refractivity (Wildman–Crippen MR) is 101 cm³/mol. The first-order valence-corrected chi connectivity index (χ1v) is 10.2. The average molecular weight is 386 g/mol. The molecule has 0 amide bonds. The summed E-state index contributed by atoms with van der Waals surface area (Å²) in [5.74, 6) is 0.344. The first kappa shape index (κ1) is 22.6. The Morgan fingerprint density at radius 3 is 2.12 bits per heavy atom. The number of likely N-dealkylation sites (tertiary alicyclic amines) is 1. The molecule has 7 heteroatoms. The highest BCUT2D eigenvalue weighted by Gasteiger charge is 2.21. The van der Waals surface area contributed by atoms with Crippen LogP contribution >= 0.6 is 0 Å². The van der Waals surface area contributed by atoms with Crippen LogP contribution in [-0.4, -0.2) is 52.1 Å². The zero-order valence-electron chi connectivity index (χ0n) is 16.4. The van der Waals surface area contributed by atoms with Gasteiger partial charge in [0.25, 0.3) is 16.6 Å². The van der Waals surface area contributed by atoms with Crippen molar-refractivity contribution in [1.29, 1.82) is 0 Å². The van der Waals surface area contributed by atoms with E-state index < -0.39 is 10.1 Å². The summed E-state index contributed by atoms with van der Waals surface area (Å²) < 4.78 is 33.8. The molecule has 148 valence electrons. The Balaban J connectivity index is 0.000000412. The lowest BCUT2D eigenvalue weighted by Crippen LogP contribution is -2.32. The predicted octanol–water partition coefficient (Wildman–Crippen LogP) is 3.00. The largest absolute Gasteiger partial charge is 0.462 e. The number of ether oxygens (including phenoxy) is 1. The summed E-state index contributed by atoms with van der Waals surface area (Å²) in [5.41, 5.74) is 0.719. The quantitative estimate of drug-likeness (QED) is 0.573. The van der Waals surface area contributed by atoms with Gasteiger partial charge in [-0.1, -0.05) is 17.7 Å². The molecule has 1 aromatic rings. The number of carbonyl (C=O) groups excluding carboxylic acids is 1. The van der Waals surface area contributed by atoms with Gasteiger partial charge in [0.05, 0.1) is 11.5 Å². The maximum atomic E-state index is 12.0. The molecule has 0 bridgehead atoms. The SMILES string of the molecule is CC(C)(C)OC=O.Cc1ccc(S(=O)(=O)OCC2CCN(C)CC2)cc1.